The van der Waals surface area contributed by atoms with Gasteiger partial charge in [-0.25, -0.2) is 13.2 Å². The zero-order chi connectivity index (χ0) is 26.6. The van der Waals surface area contributed by atoms with Crippen LogP contribution in [0.1, 0.15) is 24.5 Å². The molecule has 0 saturated carbocycles. The van der Waals surface area contributed by atoms with Crippen LogP contribution in [0.15, 0.2) is 66.7 Å². The first-order valence-corrected chi connectivity index (χ1v) is 11.8. The van der Waals surface area contributed by atoms with Crippen molar-refractivity contribution < 1.29 is 35.8 Å². The van der Waals surface area contributed by atoms with Gasteiger partial charge >= 0.3 is 6.18 Å². The van der Waals surface area contributed by atoms with E-state index in [1.807, 2.05) is 6.92 Å². The van der Waals surface area contributed by atoms with E-state index >= 15 is 4.39 Å². The maximum Gasteiger partial charge on any atom is 0.422 e. The SMILES string of the molecule is CCCOc1ccc(-c2ccc3c(F)c(CCc4ccc(OCC(F)(F)F)c(F)c4)ccc3c2)c(F)c1. The van der Waals surface area contributed by atoms with E-state index in [1.165, 1.54) is 12.1 Å². The van der Waals surface area contributed by atoms with E-state index in [9.17, 15) is 22.0 Å². The van der Waals surface area contributed by atoms with Gasteiger partial charge in [0.25, 0.3) is 0 Å². The van der Waals surface area contributed by atoms with Crippen molar-refractivity contribution in [3.63, 3.8) is 0 Å². The third kappa shape index (κ3) is 6.56. The van der Waals surface area contributed by atoms with Crippen LogP contribution in [-0.4, -0.2) is 19.4 Å². The van der Waals surface area contributed by atoms with Gasteiger partial charge in [-0.1, -0.05) is 37.3 Å². The molecule has 8 heteroatoms. The second kappa shape index (κ2) is 11.2. The van der Waals surface area contributed by atoms with Gasteiger partial charge in [-0.3, -0.25) is 0 Å². The number of hydrogen-bond donors (Lipinski definition) is 0. The minimum atomic E-state index is -4.57. The molecule has 0 aromatic heterocycles. The van der Waals surface area contributed by atoms with Crippen LogP contribution in [-0.2, 0) is 12.8 Å². The highest BCUT2D eigenvalue weighted by molar-refractivity contribution is 5.88. The molecular weight excluding hydrogens is 494 g/mol. The van der Waals surface area contributed by atoms with Crippen molar-refractivity contribution in [1.29, 1.82) is 0 Å². The highest BCUT2D eigenvalue weighted by Gasteiger charge is 2.29. The molecule has 0 fully saturated rings. The Morgan fingerprint density at radius 1 is 0.757 bits per heavy atom. The van der Waals surface area contributed by atoms with Crippen molar-refractivity contribution >= 4 is 10.8 Å². The van der Waals surface area contributed by atoms with Crippen LogP contribution < -0.4 is 9.47 Å². The molecule has 4 aromatic rings. The number of aryl methyl sites for hydroxylation is 2. The summed E-state index contributed by atoms with van der Waals surface area (Å²) in [6, 6.07) is 16.6. The van der Waals surface area contributed by atoms with Crippen LogP contribution in [0.3, 0.4) is 0 Å². The van der Waals surface area contributed by atoms with Crippen LogP contribution in [0.2, 0.25) is 0 Å². The van der Waals surface area contributed by atoms with Gasteiger partial charge < -0.3 is 9.47 Å². The summed E-state index contributed by atoms with van der Waals surface area (Å²) >= 11 is 0. The third-order valence-corrected chi connectivity index (χ3v) is 5.83. The summed E-state index contributed by atoms with van der Waals surface area (Å²) in [7, 11) is 0. The van der Waals surface area contributed by atoms with Crippen LogP contribution in [0.5, 0.6) is 11.5 Å². The van der Waals surface area contributed by atoms with Gasteiger partial charge in [-0.15, -0.1) is 0 Å². The predicted octanol–water partition coefficient (Wildman–Crippen LogP) is 8.44. The summed E-state index contributed by atoms with van der Waals surface area (Å²) in [6.45, 7) is 0.869. The fourth-order valence-electron chi connectivity index (χ4n) is 3.99. The second-order valence-electron chi connectivity index (χ2n) is 8.63. The zero-order valence-electron chi connectivity index (χ0n) is 20.0. The number of ether oxygens (including phenoxy) is 2. The number of rotatable bonds is 9. The lowest BCUT2D eigenvalue weighted by atomic mass is 9.97. The molecule has 0 saturated heterocycles. The molecule has 37 heavy (non-hydrogen) atoms. The zero-order valence-corrected chi connectivity index (χ0v) is 20.0. The van der Waals surface area contributed by atoms with Gasteiger partial charge in [0.1, 0.15) is 17.4 Å². The fraction of sp³-hybridized carbons (Fsp3) is 0.241. The molecular formula is C29H24F6O2. The van der Waals surface area contributed by atoms with Crippen molar-refractivity contribution in [2.45, 2.75) is 32.4 Å². The van der Waals surface area contributed by atoms with E-state index in [0.29, 0.717) is 45.4 Å². The molecule has 0 unspecified atom stereocenters. The molecule has 4 aromatic carbocycles. The first-order valence-electron chi connectivity index (χ1n) is 11.8. The number of alkyl halides is 3. The highest BCUT2D eigenvalue weighted by Crippen LogP contribution is 2.31. The van der Waals surface area contributed by atoms with E-state index in [4.69, 9.17) is 4.74 Å². The number of fused-ring (bicyclic) bond motifs is 1. The first-order chi connectivity index (χ1) is 17.6. The van der Waals surface area contributed by atoms with Gasteiger partial charge in [0.05, 0.1) is 6.61 Å². The lowest BCUT2D eigenvalue weighted by molar-refractivity contribution is -0.153. The van der Waals surface area contributed by atoms with Crippen LogP contribution in [0.25, 0.3) is 21.9 Å². The molecule has 0 aliphatic rings. The Kier molecular flexibility index (Phi) is 7.95. The molecule has 194 valence electrons. The maximum atomic E-state index is 15.2. The standard InChI is InChI=1S/C29H24F6O2/c1-2-13-36-22-9-11-23(25(30)16-22)20-8-10-24-21(15-20)7-6-19(28(24)32)5-3-18-4-12-27(26(31)14-18)37-17-29(33,34)35/h4,6-12,14-16H,2-3,5,13,17H2,1H3. The summed E-state index contributed by atoms with van der Waals surface area (Å²) in [5, 5.41) is 0.966. The Balaban J connectivity index is 1.48. The van der Waals surface area contributed by atoms with Crippen molar-refractivity contribution in [3.8, 4) is 22.6 Å². The van der Waals surface area contributed by atoms with Crippen molar-refractivity contribution in [2.75, 3.05) is 13.2 Å². The Morgan fingerprint density at radius 3 is 2.27 bits per heavy atom. The Hall–Kier alpha value is -3.68. The Morgan fingerprint density at radius 2 is 1.57 bits per heavy atom. The summed E-state index contributed by atoms with van der Waals surface area (Å²) < 4.78 is 90.8. The molecule has 0 bridgehead atoms. The quantitative estimate of drug-likeness (QED) is 0.207. The van der Waals surface area contributed by atoms with Gasteiger partial charge in [-0.05, 0) is 71.7 Å². The average molecular weight is 518 g/mol. The molecule has 0 aliphatic carbocycles. The third-order valence-electron chi connectivity index (χ3n) is 5.83. The van der Waals surface area contributed by atoms with Crippen LogP contribution in [0.4, 0.5) is 26.3 Å². The molecule has 4 rings (SSSR count). The lowest BCUT2D eigenvalue weighted by Crippen LogP contribution is -2.19. The molecule has 2 nitrogen and oxygen atoms in total. The van der Waals surface area contributed by atoms with Gasteiger partial charge in [0.15, 0.2) is 18.2 Å². The summed E-state index contributed by atoms with van der Waals surface area (Å²) in [6.07, 6.45) is -3.24. The first kappa shape index (κ1) is 26.4. The minimum Gasteiger partial charge on any atom is -0.494 e. The molecule has 0 heterocycles. The van der Waals surface area contributed by atoms with E-state index in [0.717, 1.165) is 18.6 Å². The number of benzene rings is 4. The van der Waals surface area contributed by atoms with E-state index < -0.39 is 36.0 Å². The van der Waals surface area contributed by atoms with Gasteiger partial charge in [0, 0.05) is 17.0 Å². The summed E-state index contributed by atoms with van der Waals surface area (Å²) in [4.78, 5) is 0. The van der Waals surface area contributed by atoms with E-state index in [-0.39, 0.29) is 12.8 Å². The smallest absolute Gasteiger partial charge is 0.422 e. The molecule has 0 spiro atoms. The monoisotopic (exact) mass is 518 g/mol. The predicted molar refractivity (Wildman–Crippen MR) is 130 cm³/mol. The number of halogens is 6. The summed E-state index contributed by atoms with van der Waals surface area (Å²) in [5.41, 5.74) is 1.87. The molecule has 0 atom stereocenters. The Bertz CT molecular complexity index is 1400. The molecule has 0 amide bonds. The Labute approximate surface area is 210 Å². The lowest BCUT2D eigenvalue weighted by Gasteiger charge is -2.12. The fourth-order valence-corrected chi connectivity index (χ4v) is 3.99. The number of hydrogen-bond acceptors (Lipinski definition) is 2. The normalized spacial score (nSPS) is 11.6. The van der Waals surface area contributed by atoms with Crippen molar-refractivity contribution in [1.82, 2.24) is 0 Å². The van der Waals surface area contributed by atoms with E-state index in [1.54, 1.807) is 42.5 Å². The highest BCUT2D eigenvalue weighted by atomic mass is 19.4. The summed E-state index contributed by atoms with van der Waals surface area (Å²) in [5.74, 6) is -1.83. The average Bonchev–Trinajstić information content (AvgIpc) is 2.86. The molecule has 0 radical (unpaired) electrons. The molecule has 0 N–H and O–H groups in total. The van der Waals surface area contributed by atoms with Gasteiger partial charge in [-0.2, -0.15) is 13.2 Å². The largest absolute Gasteiger partial charge is 0.494 e. The molecule has 0 aliphatic heterocycles. The van der Waals surface area contributed by atoms with Gasteiger partial charge in [0.2, 0.25) is 0 Å². The van der Waals surface area contributed by atoms with Crippen molar-refractivity contribution in [3.05, 3.63) is 95.3 Å². The minimum absolute atomic E-state index is 0.250. The van der Waals surface area contributed by atoms with Crippen molar-refractivity contribution in [2.24, 2.45) is 0 Å². The van der Waals surface area contributed by atoms with Crippen LogP contribution in [0, 0.1) is 17.5 Å². The van der Waals surface area contributed by atoms with Crippen LogP contribution >= 0.6 is 0 Å². The topological polar surface area (TPSA) is 18.5 Å². The maximum absolute atomic E-state index is 15.2. The van der Waals surface area contributed by atoms with E-state index in [2.05, 4.69) is 4.74 Å². The second-order valence-corrected chi connectivity index (χ2v) is 8.63.